The Kier molecular flexibility index (Phi) is 9.37. The van der Waals surface area contributed by atoms with Gasteiger partial charge in [-0.3, -0.25) is 4.79 Å². The summed E-state index contributed by atoms with van der Waals surface area (Å²) >= 11 is 0. The lowest BCUT2D eigenvalue weighted by atomic mass is 9.91. The molecular formula is C28H34N2O3. The molecule has 0 aromatic heterocycles. The van der Waals surface area contributed by atoms with Crippen molar-refractivity contribution in [2.24, 2.45) is 0 Å². The highest BCUT2D eigenvalue weighted by atomic mass is 16.4. The Balaban J connectivity index is 0.000000357. The van der Waals surface area contributed by atoms with Crippen molar-refractivity contribution in [3.8, 4) is 0 Å². The molecule has 33 heavy (non-hydrogen) atoms. The van der Waals surface area contributed by atoms with Crippen molar-refractivity contribution >= 4 is 17.6 Å². The highest BCUT2D eigenvalue weighted by molar-refractivity contribution is 6.00. The van der Waals surface area contributed by atoms with Crippen LogP contribution in [0.1, 0.15) is 53.7 Å². The molecule has 5 heteroatoms. The number of quaternary nitrogens is 1. The van der Waals surface area contributed by atoms with Crippen molar-refractivity contribution in [3.05, 3.63) is 101 Å². The van der Waals surface area contributed by atoms with Gasteiger partial charge in [-0.2, -0.15) is 0 Å². The first kappa shape index (κ1) is 25.8. The van der Waals surface area contributed by atoms with Crippen molar-refractivity contribution in [2.45, 2.75) is 52.6 Å². The Hall–Kier alpha value is -3.44. The van der Waals surface area contributed by atoms with E-state index in [1.165, 1.54) is 12.1 Å². The number of benzene rings is 3. The van der Waals surface area contributed by atoms with Crippen molar-refractivity contribution < 1.29 is 20.4 Å². The molecule has 0 fully saturated rings. The highest BCUT2D eigenvalue weighted by Crippen LogP contribution is 2.29. The van der Waals surface area contributed by atoms with E-state index in [0.717, 1.165) is 35.2 Å². The van der Waals surface area contributed by atoms with Crippen molar-refractivity contribution in [2.75, 3.05) is 4.90 Å². The Morgan fingerprint density at radius 3 is 1.73 bits per heavy atom. The molecule has 0 saturated carbocycles. The van der Waals surface area contributed by atoms with E-state index in [2.05, 4.69) is 43.8 Å². The number of nitrogens with zero attached hydrogens (tertiary/aromatic N) is 1. The Morgan fingerprint density at radius 2 is 1.30 bits per heavy atom. The third-order valence-electron chi connectivity index (χ3n) is 5.95. The molecule has 174 valence electrons. The number of rotatable bonds is 7. The lowest BCUT2D eigenvalue weighted by Crippen LogP contribution is -2.78. The van der Waals surface area contributed by atoms with Crippen molar-refractivity contribution in [1.29, 1.82) is 0 Å². The van der Waals surface area contributed by atoms with E-state index >= 15 is 0 Å². The fourth-order valence-corrected chi connectivity index (χ4v) is 3.66. The summed E-state index contributed by atoms with van der Waals surface area (Å²) in [5.74, 6) is -1.02. The van der Waals surface area contributed by atoms with Crippen LogP contribution < -0.4 is 15.7 Å². The van der Waals surface area contributed by atoms with Crippen LogP contribution in [-0.4, -0.2) is 17.4 Å². The van der Waals surface area contributed by atoms with E-state index in [4.69, 9.17) is 0 Å². The lowest BCUT2D eigenvalue weighted by molar-refractivity contribution is -0.459. The fraction of sp³-hybridized carbons (Fsp3) is 0.286. The SMILES string of the molecule is CCC([NH3+])(CC)C(=O)N(Cc1ccccc1)c1c(C)cccc1C.O=C([O-])c1ccccc1. The van der Waals surface area contributed by atoms with E-state index in [9.17, 15) is 14.7 Å². The number of carbonyl (C=O) groups excluding carboxylic acids is 2. The number of para-hydroxylation sites is 1. The quantitative estimate of drug-likeness (QED) is 0.600. The molecule has 0 spiro atoms. The van der Waals surface area contributed by atoms with E-state index in [1.807, 2.05) is 43.0 Å². The minimum Gasteiger partial charge on any atom is -0.545 e. The lowest BCUT2D eigenvalue weighted by Gasteiger charge is -2.32. The largest absolute Gasteiger partial charge is 0.545 e. The predicted molar refractivity (Wildman–Crippen MR) is 131 cm³/mol. The summed E-state index contributed by atoms with van der Waals surface area (Å²) in [5.41, 5.74) is 8.28. The molecule has 5 nitrogen and oxygen atoms in total. The molecule has 3 aromatic rings. The molecule has 0 aliphatic carbocycles. The average molecular weight is 447 g/mol. The summed E-state index contributed by atoms with van der Waals surface area (Å²) in [5, 5.41) is 10.1. The highest BCUT2D eigenvalue weighted by Gasteiger charge is 2.39. The zero-order valence-corrected chi connectivity index (χ0v) is 20.0. The van der Waals surface area contributed by atoms with Gasteiger partial charge in [0, 0.05) is 12.8 Å². The van der Waals surface area contributed by atoms with Gasteiger partial charge in [0.05, 0.1) is 18.2 Å². The first-order valence-corrected chi connectivity index (χ1v) is 11.3. The minimum atomic E-state index is -1.13. The second-order valence-electron chi connectivity index (χ2n) is 8.26. The van der Waals surface area contributed by atoms with Gasteiger partial charge >= 0.3 is 0 Å². The van der Waals surface area contributed by atoms with Crippen LogP contribution in [0.5, 0.6) is 0 Å². The van der Waals surface area contributed by atoms with E-state index < -0.39 is 11.5 Å². The van der Waals surface area contributed by atoms with Gasteiger partial charge in [0.15, 0.2) is 5.54 Å². The Morgan fingerprint density at radius 1 is 0.818 bits per heavy atom. The summed E-state index contributed by atoms with van der Waals surface area (Å²) in [7, 11) is 0. The van der Waals surface area contributed by atoms with Crippen LogP contribution in [0.3, 0.4) is 0 Å². The zero-order valence-electron chi connectivity index (χ0n) is 20.0. The van der Waals surface area contributed by atoms with E-state index in [0.29, 0.717) is 6.54 Å². The number of hydrogen-bond acceptors (Lipinski definition) is 3. The topological polar surface area (TPSA) is 88.1 Å². The molecule has 0 saturated heterocycles. The summed E-state index contributed by atoms with van der Waals surface area (Å²) in [4.78, 5) is 25.4. The molecule has 3 N–H and O–H groups in total. The maximum Gasteiger partial charge on any atom is 0.288 e. The Bertz CT molecular complexity index is 1030. The minimum absolute atomic E-state index is 0.105. The monoisotopic (exact) mass is 446 g/mol. The van der Waals surface area contributed by atoms with Crippen LogP contribution >= 0.6 is 0 Å². The van der Waals surface area contributed by atoms with Gasteiger partial charge in [-0.15, -0.1) is 0 Å². The molecule has 0 bridgehead atoms. The van der Waals surface area contributed by atoms with Crippen molar-refractivity contribution in [3.63, 3.8) is 0 Å². The maximum absolute atomic E-state index is 13.4. The van der Waals surface area contributed by atoms with E-state index in [1.54, 1.807) is 18.2 Å². The van der Waals surface area contributed by atoms with Gasteiger partial charge in [-0.25, -0.2) is 0 Å². The van der Waals surface area contributed by atoms with E-state index in [-0.39, 0.29) is 11.5 Å². The van der Waals surface area contributed by atoms with Gasteiger partial charge in [0.25, 0.3) is 5.91 Å². The summed E-state index contributed by atoms with van der Waals surface area (Å²) in [6.07, 6.45) is 1.47. The molecular weight excluding hydrogens is 412 g/mol. The summed E-state index contributed by atoms with van der Waals surface area (Å²) in [6, 6.07) is 24.4. The summed E-state index contributed by atoms with van der Waals surface area (Å²) in [6.45, 7) is 8.79. The first-order valence-electron chi connectivity index (χ1n) is 11.3. The predicted octanol–water partition coefficient (Wildman–Crippen LogP) is 3.69. The van der Waals surface area contributed by atoms with Gasteiger partial charge in [0.2, 0.25) is 0 Å². The molecule has 0 radical (unpaired) electrons. The molecule has 3 rings (SSSR count). The summed E-state index contributed by atoms with van der Waals surface area (Å²) < 4.78 is 0. The molecule has 0 heterocycles. The van der Waals surface area contributed by atoms with Gasteiger partial charge in [0.1, 0.15) is 0 Å². The molecule has 3 aromatic carbocycles. The standard InChI is InChI=1S/C21H28N2O.C7H6O2/c1-5-21(22,6-2)20(24)23(15-18-13-8-7-9-14-18)19-16(3)11-10-12-17(19)4;8-7(9)6-4-2-1-3-5-6/h7-14H,5-6,15,22H2,1-4H3;1-5H,(H,8,9). The number of hydrogen-bond donors (Lipinski definition) is 1. The molecule has 0 aliphatic rings. The third-order valence-corrected chi connectivity index (χ3v) is 5.95. The number of aryl methyl sites for hydroxylation is 2. The second-order valence-corrected chi connectivity index (χ2v) is 8.26. The van der Waals surface area contributed by atoms with Crippen LogP contribution in [0.2, 0.25) is 0 Å². The number of amides is 1. The molecule has 0 unspecified atom stereocenters. The van der Waals surface area contributed by atoms with Crippen LogP contribution in [0.25, 0.3) is 0 Å². The number of carboxylic acid groups (broad SMARTS) is 1. The Labute approximate surface area is 196 Å². The first-order chi connectivity index (χ1) is 15.7. The van der Waals surface area contributed by atoms with Gasteiger partial charge < -0.3 is 20.5 Å². The van der Waals surface area contributed by atoms with Crippen molar-refractivity contribution in [1.82, 2.24) is 0 Å². The molecule has 1 amide bonds. The van der Waals surface area contributed by atoms with Crippen LogP contribution in [0.4, 0.5) is 5.69 Å². The maximum atomic E-state index is 13.4. The van der Waals surface area contributed by atoms with Crippen LogP contribution in [0, 0.1) is 13.8 Å². The van der Waals surface area contributed by atoms with Crippen LogP contribution in [-0.2, 0) is 11.3 Å². The normalized spacial score (nSPS) is 10.7. The van der Waals surface area contributed by atoms with Gasteiger partial charge in [-0.05, 0) is 36.1 Å². The number of anilines is 1. The third kappa shape index (κ3) is 6.77. The number of aromatic carboxylic acids is 1. The fourth-order valence-electron chi connectivity index (χ4n) is 3.66. The molecule has 0 aliphatic heterocycles. The zero-order chi connectivity index (χ0) is 24.4. The smallest absolute Gasteiger partial charge is 0.288 e. The number of carbonyl (C=O) groups is 2. The van der Waals surface area contributed by atoms with Gasteiger partial charge in [-0.1, -0.05) is 92.7 Å². The number of carboxylic acids is 1. The second kappa shape index (κ2) is 12.0. The molecule has 0 atom stereocenters. The average Bonchev–Trinajstić information content (AvgIpc) is 2.84. The van der Waals surface area contributed by atoms with Crippen LogP contribution in [0.15, 0.2) is 78.9 Å².